The highest BCUT2D eigenvalue weighted by atomic mass is 79.9. The summed E-state index contributed by atoms with van der Waals surface area (Å²) in [4.78, 5) is 14.8. The minimum absolute atomic E-state index is 0.0388. The molecule has 1 saturated heterocycles. The van der Waals surface area contributed by atoms with E-state index in [0.717, 1.165) is 18.9 Å². The molecule has 0 radical (unpaired) electrons. The van der Waals surface area contributed by atoms with Gasteiger partial charge in [0, 0.05) is 29.1 Å². The van der Waals surface area contributed by atoms with Crippen LogP contribution in [0.3, 0.4) is 0 Å². The number of likely N-dealkylation sites (tertiary alicyclic amines) is 1. The predicted molar refractivity (Wildman–Crippen MR) is 121 cm³/mol. The van der Waals surface area contributed by atoms with E-state index in [9.17, 15) is 18.7 Å². The molecule has 7 heteroatoms. The van der Waals surface area contributed by atoms with E-state index in [0.29, 0.717) is 18.5 Å². The first-order valence-corrected chi connectivity index (χ1v) is 11.6. The summed E-state index contributed by atoms with van der Waals surface area (Å²) in [5.41, 5.74) is -1.57. The van der Waals surface area contributed by atoms with E-state index in [1.165, 1.54) is 6.07 Å². The molecule has 0 bridgehead atoms. The summed E-state index contributed by atoms with van der Waals surface area (Å²) in [6, 6.07) is 10.4. The molecule has 4 rings (SSSR count). The molecule has 2 aromatic carbocycles. The third-order valence-corrected chi connectivity index (χ3v) is 7.18. The van der Waals surface area contributed by atoms with Gasteiger partial charge in [-0.3, -0.25) is 0 Å². The van der Waals surface area contributed by atoms with Crippen molar-refractivity contribution >= 4 is 22.0 Å². The minimum atomic E-state index is -1.59. The van der Waals surface area contributed by atoms with Gasteiger partial charge in [0.2, 0.25) is 0 Å². The molecule has 2 atom stereocenters. The molecule has 1 heterocycles. The maximum Gasteiger partial charge on any atom is 0.410 e. The van der Waals surface area contributed by atoms with Gasteiger partial charge in [-0.2, -0.15) is 0 Å². The van der Waals surface area contributed by atoms with E-state index in [1.807, 2.05) is 6.07 Å². The van der Waals surface area contributed by atoms with Gasteiger partial charge < -0.3 is 14.7 Å². The molecule has 1 N–H and O–H groups in total. The molecule has 1 aliphatic heterocycles. The second-order valence-electron chi connectivity index (χ2n) is 10.1. The van der Waals surface area contributed by atoms with Crippen LogP contribution in [0.2, 0.25) is 0 Å². The molecule has 2 aromatic rings. The third kappa shape index (κ3) is 4.55. The average molecular weight is 508 g/mol. The van der Waals surface area contributed by atoms with E-state index in [-0.39, 0.29) is 21.9 Å². The molecule has 1 amide bonds. The van der Waals surface area contributed by atoms with Crippen LogP contribution in [0.25, 0.3) is 0 Å². The SMILES string of the molecule is CC(C)(C)OC(=O)N1CC2(CC2)C[C@H]1[C@](O)(Cc1c(F)cc(F)cc1Br)c1ccccc1. The summed E-state index contributed by atoms with van der Waals surface area (Å²) in [5, 5.41) is 12.2. The van der Waals surface area contributed by atoms with Crippen molar-refractivity contribution in [2.24, 2.45) is 5.41 Å². The number of rotatable bonds is 4. The number of amides is 1. The van der Waals surface area contributed by atoms with Gasteiger partial charge in [0.15, 0.2) is 0 Å². The number of aliphatic hydroxyl groups is 1. The Morgan fingerprint density at radius 2 is 1.88 bits per heavy atom. The molecule has 4 nitrogen and oxygen atoms in total. The Kier molecular flexibility index (Phi) is 5.87. The summed E-state index contributed by atoms with van der Waals surface area (Å²) in [6.45, 7) is 5.90. The summed E-state index contributed by atoms with van der Waals surface area (Å²) in [5.74, 6) is -1.44. The van der Waals surface area contributed by atoms with Gasteiger partial charge in [0.05, 0.1) is 6.04 Å². The van der Waals surface area contributed by atoms with Crippen LogP contribution in [0.1, 0.15) is 51.2 Å². The lowest BCUT2D eigenvalue weighted by atomic mass is 9.78. The molecule has 2 fully saturated rings. The van der Waals surface area contributed by atoms with Crippen LogP contribution in [-0.4, -0.2) is 34.3 Å². The van der Waals surface area contributed by atoms with Crippen molar-refractivity contribution in [3.8, 4) is 0 Å². The third-order valence-electron chi connectivity index (χ3n) is 6.47. The van der Waals surface area contributed by atoms with Crippen LogP contribution in [0.5, 0.6) is 0 Å². The van der Waals surface area contributed by atoms with E-state index in [2.05, 4.69) is 15.9 Å². The Labute approximate surface area is 195 Å². The quantitative estimate of drug-likeness (QED) is 0.556. The van der Waals surface area contributed by atoms with Gasteiger partial charge in [-0.05, 0) is 57.1 Å². The van der Waals surface area contributed by atoms with Gasteiger partial charge >= 0.3 is 6.09 Å². The number of carbonyl (C=O) groups is 1. The van der Waals surface area contributed by atoms with Gasteiger partial charge in [0.25, 0.3) is 0 Å². The van der Waals surface area contributed by atoms with Crippen LogP contribution < -0.4 is 0 Å². The number of hydrogen-bond acceptors (Lipinski definition) is 3. The smallest absolute Gasteiger partial charge is 0.410 e. The zero-order valence-corrected chi connectivity index (χ0v) is 20.1. The Morgan fingerprint density at radius 3 is 2.44 bits per heavy atom. The van der Waals surface area contributed by atoms with Crippen molar-refractivity contribution in [3.05, 3.63) is 69.7 Å². The number of hydrogen-bond donors (Lipinski definition) is 1. The van der Waals surface area contributed by atoms with Gasteiger partial charge in [-0.15, -0.1) is 0 Å². The van der Waals surface area contributed by atoms with Crippen molar-refractivity contribution < 1.29 is 23.4 Å². The fourth-order valence-corrected chi connectivity index (χ4v) is 5.23. The van der Waals surface area contributed by atoms with E-state index in [1.54, 1.807) is 49.9 Å². The predicted octanol–water partition coefficient (Wildman–Crippen LogP) is 5.95. The van der Waals surface area contributed by atoms with Crippen molar-refractivity contribution in [2.45, 2.75) is 63.7 Å². The molecule has 0 unspecified atom stereocenters. The maximum absolute atomic E-state index is 14.8. The standard InChI is InChI=1S/C25H28BrF2NO3/c1-23(2,3)32-22(30)29-15-24(9-10-24)14-21(29)25(31,16-7-5-4-6-8-16)13-18-19(26)11-17(27)12-20(18)28/h4-8,11-12,21,31H,9-10,13-15H2,1-3H3/t21-,25-/m0/s1. The van der Waals surface area contributed by atoms with Gasteiger partial charge in [-0.1, -0.05) is 46.3 Å². The molecule has 0 aromatic heterocycles. The minimum Gasteiger partial charge on any atom is -0.444 e. The number of nitrogens with zero attached hydrogens (tertiary/aromatic N) is 1. The van der Waals surface area contributed by atoms with Crippen LogP contribution in [0.15, 0.2) is 46.9 Å². The fraction of sp³-hybridized carbons (Fsp3) is 0.480. The molecule has 1 saturated carbocycles. The van der Waals surface area contributed by atoms with Crippen molar-refractivity contribution in [1.82, 2.24) is 4.90 Å². The number of ether oxygens (including phenoxy) is 1. The second-order valence-corrected chi connectivity index (χ2v) is 11.0. The summed E-state index contributed by atoms with van der Waals surface area (Å²) in [6.07, 6.45) is 1.94. The maximum atomic E-state index is 14.8. The van der Waals surface area contributed by atoms with Gasteiger partial charge in [-0.25, -0.2) is 13.6 Å². The molecule has 1 spiro atoms. The van der Waals surface area contributed by atoms with Crippen molar-refractivity contribution in [2.75, 3.05) is 6.54 Å². The zero-order chi connectivity index (χ0) is 23.3. The zero-order valence-electron chi connectivity index (χ0n) is 18.5. The normalized spacial score (nSPS) is 21.5. The topological polar surface area (TPSA) is 49.8 Å². The van der Waals surface area contributed by atoms with Crippen LogP contribution >= 0.6 is 15.9 Å². The van der Waals surface area contributed by atoms with Crippen LogP contribution in [0.4, 0.5) is 13.6 Å². The Balaban J connectivity index is 1.78. The highest BCUT2D eigenvalue weighted by molar-refractivity contribution is 9.10. The first kappa shape index (κ1) is 23.2. The Hall–Kier alpha value is -1.99. The number of carbonyl (C=O) groups excluding carboxylic acids is 1. The molecular formula is C25H28BrF2NO3. The Morgan fingerprint density at radius 1 is 1.22 bits per heavy atom. The lowest BCUT2D eigenvalue weighted by Crippen LogP contribution is -2.52. The van der Waals surface area contributed by atoms with E-state index in [4.69, 9.17) is 4.74 Å². The Bertz CT molecular complexity index is 997. The van der Waals surface area contributed by atoms with Crippen LogP contribution in [0, 0.1) is 17.0 Å². The lowest BCUT2D eigenvalue weighted by Gasteiger charge is -2.40. The number of benzene rings is 2. The first-order chi connectivity index (χ1) is 14.9. The van der Waals surface area contributed by atoms with Crippen LogP contribution in [-0.2, 0) is 16.8 Å². The molecular weight excluding hydrogens is 480 g/mol. The van der Waals surface area contributed by atoms with E-state index >= 15 is 0 Å². The summed E-state index contributed by atoms with van der Waals surface area (Å²) < 4.78 is 34.4. The molecule has 2 aliphatic rings. The summed E-state index contributed by atoms with van der Waals surface area (Å²) in [7, 11) is 0. The fourth-order valence-electron chi connectivity index (χ4n) is 4.68. The highest BCUT2D eigenvalue weighted by Crippen LogP contribution is 2.58. The van der Waals surface area contributed by atoms with Crippen molar-refractivity contribution in [3.63, 3.8) is 0 Å². The van der Waals surface area contributed by atoms with Crippen molar-refractivity contribution in [1.29, 1.82) is 0 Å². The lowest BCUT2D eigenvalue weighted by molar-refractivity contribution is -0.0488. The second kappa shape index (κ2) is 8.10. The molecule has 32 heavy (non-hydrogen) atoms. The average Bonchev–Trinajstić information content (AvgIpc) is 3.33. The largest absolute Gasteiger partial charge is 0.444 e. The molecule has 1 aliphatic carbocycles. The van der Waals surface area contributed by atoms with Gasteiger partial charge in [0.1, 0.15) is 22.8 Å². The number of halogens is 3. The highest BCUT2D eigenvalue weighted by Gasteiger charge is 2.59. The molecule has 172 valence electrons. The monoisotopic (exact) mass is 507 g/mol. The first-order valence-electron chi connectivity index (χ1n) is 10.8. The summed E-state index contributed by atoms with van der Waals surface area (Å²) >= 11 is 3.25. The van der Waals surface area contributed by atoms with E-state index < -0.39 is 35.0 Å².